The third-order valence-corrected chi connectivity index (χ3v) is 12.3. The van der Waals surface area contributed by atoms with Gasteiger partial charge in [0.05, 0.1) is 26.2 Å². The maximum absolute atomic E-state index is 10.3. The van der Waals surface area contributed by atoms with E-state index in [1.165, 1.54) is 5.56 Å². The van der Waals surface area contributed by atoms with Gasteiger partial charge in [0.25, 0.3) is 0 Å². The number of rotatable bonds is 7. The molecule has 0 atom stereocenters. The van der Waals surface area contributed by atoms with Crippen molar-refractivity contribution in [2.75, 3.05) is 0 Å². The second-order valence-electron chi connectivity index (χ2n) is 15.8. The molecule has 290 valence electrons. The lowest BCUT2D eigenvalue weighted by atomic mass is 9.91. The molecule has 0 unspecified atom stereocenters. The Hall–Kier alpha value is -8.20. The monoisotopic (exact) mass is 791 g/mol. The average molecular weight is 792 g/mol. The SMILES string of the molecule is [2H]c1c(-c2ccc3c(c2)c2ccccc2n3-c2ccc(-c3ccccc3)cc2)c([2H])c2c3c(-c4ccccc4-c4ccccc4)cccc3n(-c3cccc(-c4ccccc4)c3)c2c1[2H]. The molecule has 2 nitrogen and oxygen atoms in total. The van der Waals surface area contributed by atoms with Crippen molar-refractivity contribution in [3.8, 4) is 67.0 Å². The molecule has 2 aromatic heterocycles. The molecule has 0 aliphatic carbocycles. The summed E-state index contributed by atoms with van der Waals surface area (Å²) in [7, 11) is 0. The Morgan fingerprint density at radius 1 is 0.274 bits per heavy atom. The van der Waals surface area contributed by atoms with Gasteiger partial charge in [0.2, 0.25) is 0 Å². The quantitative estimate of drug-likeness (QED) is 0.152. The standard InChI is InChI=1S/C60H40N2/c1-4-16-41(17-5-1)43-30-34-48(35-31-43)61-56-28-13-12-26-52(56)54-39-46(32-36-57(54)61)47-33-37-58-55(40-47)60-53(51-25-11-10-24-50(51)44-20-8-3-9-21-44)27-15-29-59(60)62(58)49-23-14-22-45(38-49)42-18-6-2-7-19-42/h1-40H/i33D,37D,40D. The zero-order valence-corrected chi connectivity index (χ0v) is 33.8. The molecule has 2 heteroatoms. The number of hydrogen-bond donors (Lipinski definition) is 0. The molecule has 0 amide bonds. The molecule has 2 heterocycles. The number of benzene rings is 10. The van der Waals surface area contributed by atoms with Crippen LogP contribution in [0.1, 0.15) is 4.11 Å². The molecule has 0 saturated carbocycles. The van der Waals surface area contributed by atoms with Gasteiger partial charge in [-0.25, -0.2) is 0 Å². The highest BCUT2D eigenvalue weighted by Crippen LogP contribution is 2.44. The smallest absolute Gasteiger partial charge is 0.0645 e. The van der Waals surface area contributed by atoms with Crippen LogP contribution in [-0.2, 0) is 0 Å². The Kier molecular flexibility index (Phi) is 7.79. The molecule has 0 radical (unpaired) electrons. The van der Waals surface area contributed by atoms with Gasteiger partial charge in [-0.3, -0.25) is 0 Å². The second-order valence-corrected chi connectivity index (χ2v) is 15.8. The first-order valence-electron chi connectivity index (χ1n) is 22.6. The number of para-hydroxylation sites is 1. The normalized spacial score (nSPS) is 12.2. The molecular weight excluding hydrogens is 749 g/mol. The summed E-state index contributed by atoms with van der Waals surface area (Å²) in [6, 6.07) is 78.0. The highest BCUT2D eigenvalue weighted by Gasteiger charge is 2.20. The zero-order valence-electron chi connectivity index (χ0n) is 36.8. The lowest BCUT2D eigenvalue weighted by molar-refractivity contribution is 1.18. The van der Waals surface area contributed by atoms with Crippen LogP contribution in [-0.4, -0.2) is 9.13 Å². The zero-order chi connectivity index (χ0) is 43.6. The third-order valence-electron chi connectivity index (χ3n) is 12.3. The summed E-state index contributed by atoms with van der Waals surface area (Å²) in [5, 5.41) is 3.64. The summed E-state index contributed by atoms with van der Waals surface area (Å²) >= 11 is 0. The van der Waals surface area contributed by atoms with E-state index >= 15 is 0 Å². The van der Waals surface area contributed by atoms with E-state index < -0.39 is 0 Å². The highest BCUT2D eigenvalue weighted by atomic mass is 15.0. The third kappa shape index (κ3) is 5.96. The largest absolute Gasteiger partial charge is 0.309 e. The van der Waals surface area contributed by atoms with Gasteiger partial charge in [-0.2, -0.15) is 0 Å². The Labute approximate surface area is 365 Å². The van der Waals surface area contributed by atoms with E-state index in [1.54, 1.807) is 0 Å². The van der Waals surface area contributed by atoms with Gasteiger partial charge in [0.15, 0.2) is 0 Å². The average Bonchev–Trinajstić information content (AvgIpc) is 3.90. The fraction of sp³-hybridized carbons (Fsp3) is 0. The van der Waals surface area contributed by atoms with E-state index in [0.29, 0.717) is 16.5 Å². The predicted molar refractivity (Wildman–Crippen MR) is 262 cm³/mol. The minimum Gasteiger partial charge on any atom is -0.309 e. The first-order valence-corrected chi connectivity index (χ1v) is 21.1. The van der Waals surface area contributed by atoms with E-state index in [4.69, 9.17) is 0 Å². The molecule has 12 aromatic rings. The van der Waals surface area contributed by atoms with Crippen LogP contribution in [0, 0.1) is 0 Å². The molecule has 12 rings (SSSR count). The van der Waals surface area contributed by atoms with Crippen LogP contribution < -0.4 is 0 Å². The van der Waals surface area contributed by atoms with Crippen LogP contribution in [0.15, 0.2) is 243 Å². The molecule has 0 fully saturated rings. The summed E-state index contributed by atoms with van der Waals surface area (Å²) < 4.78 is 34.5. The van der Waals surface area contributed by atoms with Gasteiger partial charge in [-0.05, 0) is 116 Å². The van der Waals surface area contributed by atoms with Crippen LogP contribution in [0.3, 0.4) is 0 Å². The van der Waals surface area contributed by atoms with Crippen molar-refractivity contribution in [1.29, 1.82) is 0 Å². The van der Waals surface area contributed by atoms with Crippen LogP contribution >= 0.6 is 0 Å². The van der Waals surface area contributed by atoms with Gasteiger partial charge < -0.3 is 9.13 Å². The van der Waals surface area contributed by atoms with Gasteiger partial charge in [0, 0.05) is 32.9 Å². The fourth-order valence-corrected chi connectivity index (χ4v) is 9.38. The van der Waals surface area contributed by atoms with Crippen LogP contribution in [0.5, 0.6) is 0 Å². The van der Waals surface area contributed by atoms with Gasteiger partial charge >= 0.3 is 0 Å². The van der Waals surface area contributed by atoms with Crippen molar-refractivity contribution in [2.24, 2.45) is 0 Å². The molecular formula is C60H40N2. The number of aromatic nitrogens is 2. The second kappa shape index (κ2) is 14.8. The summed E-state index contributed by atoms with van der Waals surface area (Å²) in [6.07, 6.45) is 0. The molecule has 0 spiro atoms. The van der Waals surface area contributed by atoms with Crippen LogP contribution in [0.4, 0.5) is 0 Å². The number of nitrogens with zero attached hydrogens (tertiary/aromatic N) is 2. The molecule has 0 aliphatic heterocycles. The number of hydrogen-bond acceptors (Lipinski definition) is 0. The molecule has 62 heavy (non-hydrogen) atoms. The summed E-state index contributed by atoms with van der Waals surface area (Å²) in [4.78, 5) is 0. The highest BCUT2D eigenvalue weighted by molar-refractivity contribution is 6.18. The maximum Gasteiger partial charge on any atom is 0.0645 e. The summed E-state index contributed by atoms with van der Waals surface area (Å²) in [5.41, 5.74) is 15.3. The first-order chi connectivity index (χ1) is 32.0. The lowest BCUT2D eigenvalue weighted by Crippen LogP contribution is -1.94. The fourth-order valence-electron chi connectivity index (χ4n) is 9.38. The van der Waals surface area contributed by atoms with Crippen molar-refractivity contribution >= 4 is 43.6 Å². The van der Waals surface area contributed by atoms with Gasteiger partial charge in [-0.1, -0.05) is 182 Å². The molecule has 0 N–H and O–H groups in total. The van der Waals surface area contributed by atoms with E-state index in [1.807, 2.05) is 36.4 Å². The molecule has 0 aliphatic rings. The van der Waals surface area contributed by atoms with Crippen LogP contribution in [0.25, 0.3) is 111 Å². The molecule has 0 bridgehead atoms. The van der Waals surface area contributed by atoms with Crippen molar-refractivity contribution in [2.45, 2.75) is 0 Å². The van der Waals surface area contributed by atoms with E-state index in [2.05, 4.69) is 197 Å². The van der Waals surface area contributed by atoms with Crippen molar-refractivity contribution in [1.82, 2.24) is 9.13 Å². The topological polar surface area (TPSA) is 9.86 Å². The number of fused-ring (bicyclic) bond motifs is 6. The lowest BCUT2D eigenvalue weighted by Gasteiger charge is -2.13. The minimum absolute atomic E-state index is 0.0246. The van der Waals surface area contributed by atoms with Crippen molar-refractivity contribution < 1.29 is 4.11 Å². The first kappa shape index (κ1) is 32.6. The van der Waals surface area contributed by atoms with Crippen LogP contribution in [0.2, 0.25) is 0 Å². The van der Waals surface area contributed by atoms with E-state index in [9.17, 15) is 4.11 Å². The van der Waals surface area contributed by atoms with Gasteiger partial charge in [0.1, 0.15) is 0 Å². The minimum atomic E-state index is 0.0246. The Morgan fingerprint density at radius 3 is 1.58 bits per heavy atom. The predicted octanol–water partition coefficient (Wildman–Crippen LogP) is 16.2. The summed E-state index contributed by atoms with van der Waals surface area (Å²) in [5.74, 6) is 0. The van der Waals surface area contributed by atoms with Crippen molar-refractivity contribution in [3.05, 3.63) is 243 Å². The summed E-state index contributed by atoms with van der Waals surface area (Å²) in [6.45, 7) is 0. The molecule has 10 aromatic carbocycles. The maximum atomic E-state index is 10.3. The Balaban J connectivity index is 1.12. The molecule has 0 saturated heterocycles. The van der Waals surface area contributed by atoms with E-state index in [0.717, 1.165) is 88.6 Å². The Morgan fingerprint density at radius 2 is 0.806 bits per heavy atom. The van der Waals surface area contributed by atoms with Crippen molar-refractivity contribution in [3.63, 3.8) is 0 Å². The van der Waals surface area contributed by atoms with Gasteiger partial charge in [-0.15, -0.1) is 0 Å². The Bertz CT molecular complexity index is 3780. The van der Waals surface area contributed by atoms with E-state index in [-0.39, 0.29) is 18.1 Å².